The van der Waals surface area contributed by atoms with E-state index in [-0.39, 0.29) is 5.56 Å². The van der Waals surface area contributed by atoms with Crippen molar-refractivity contribution in [3.8, 4) is 0 Å². The summed E-state index contributed by atoms with van der Waals surface area (Å²) in [5.74, 6) is 0.240. The lowest BCUT2D eigenvalue weighted by Crippen LogP contribution is -2.50. The number of carbonyl (C=O) groups is 1. The van der Waals surface area contributed by atoms with E-state index in [9.17, 15) is 9.90 Å². The summed E-state index contributed by atoms with van der Waals surface area (Å²) in [5, 5.41) is 9.26. The SMILES string of the molecule is Cc1ncc(C(=O)O)c(N2CCN3CCCC3C2)n1. The van der Waals surface area contributed by atoms with Crippen molar-refractivity contribution in [2.75, 3.05) is 31.1 Å². The number of fused-ring (bicyclic) bond motifs is 1. The molecule has 6 heteroatoms. The van der Waals surface area contributed by atoms with Gasteiger partial charge in [-0.25, -0.2) is 14.8 Å². The first-order chi connectivity index (χ1) is 9.15. The van der Waals surface area contributed by atoms with Crippen LogP contribution in [0.15, 0.2) is 6.20 Å². The number of aromatic carboxylic acids is 1. The Hall–Kier alpha value is -1.69. The Bertz CT molecular complexity index is 505. The molecule has 19 heavy (non-hydrogen) atoms. The zero-order valence-corrected chi connectivity index (χ0v) is 11.0. The van der Waals surface area contributed by atoms with E-state index >= 15 is 0 Å². The number of carboxylic acid groups (broad SMARTS) is 1. The maximum absolute atomic E-state index is 11.3. The average molecular weight is 262 g/mol. The molecular formula is C13H18N4O2. The van der Waals surface area contributed by atoms with E-state index in [1.54, 1.807) is 6.92 Å². The van der Waals surface area contributed by atoms with Crippen LogP contribution < -0.4 is 4.90 Å². The van der Waals surface area contributed by atoms with Crippen molar-refractivity contribution in [1.82, 2.24) is 14.9 Å². The number of rotatable bonds is 2. The summed E-state index contributed by atoms with van der Waals surface area (Å²) in [4.78, 5) is 24.2. The van der Waals surface area contributed by atoms with Gasteiger partial charge in [-0.1, -0.05) is 0 Å². The minimum atomic E-state index is -0.955. The van der Waals surface area contributed by atoms with Gasteiger partial charge in [0.05, 0.1) is 0 Å². The smallest absolute Gasteiger partial charge is 0.341 e. The van der Waals surface area contributed by atoms with Gasteiger partial charge < -0.3 is 10.0 Å². The fraction of sp³-hybridized carbons (Fsp3) is 0.615. The third kappa shape index (κ3) is 2.28. The van der Waals surface area contributed by atoms with E-state index in [0.29, 0.717) is 17.7 Å². The Labute approximate surface area is 112 Å². The molecule has 6 nitrogen and oxygen atoms in total. The lowest BCUT2D eigenvalue weighted by molar-refractivity contribution is 0.0696. The highest BCUT2D eigenvalue weighted by Gasteiger charge is 2.32. The highest BCUT2D eigenvalue weighted by Crippen LogP contribution is 2.26. The zero-order valence-electron chi connectivity index (χ0n) is 11.0. The molecule has 0 aromatic carbocycles. The molecule has 1 aromatic heterocycles. The molecular weight excluding hydrogens is 244 g/mol. The molecule has 0 aliphatic carbocycles. The molecule has 1 atom stereocenters. The largest absolute Gasteiger partial charge is 0.477 e. The Balaban J connectivity index is 1.89. The zero-order chi connectivity index (χ0) is 13.4. The fourth-order valence-corrected chi connectivity index (χ4v) is 3.03. The predicted molar refractivity (Wildman–Crippen MR) is 70.5 cm³/mol. The lowest BCUT2D eigenvalue weighted by Gasteiger charge is -2.38. The molecule has 0 spiro atoms. The first kappa shape index (κ1) is 12.3. The standard InChI is InChI=1S/C13H18N4O2/c1-9-14-7-11(13(18)19)12(15-9)17-6-5-16-4-2-3-10(16)8-17/h7,10H,2-6,8H2,1H3,(H,18,19). The number of aromatic nitrogens is 2. The predicted octanol–water partition coefficient (Wildman–Crippen LogP) is 0.768. The van der Waals surface area contributed by atoms with Gasteiger partial charge >= 0.3 is 5.97 Å². The van der Waals surface area contributed by atoms with Crippen LogP contribution >= 0.6 is 0 Å². The van der Waals surface area contributed by atoms with Crippen molar-refractivity contribution >= 4 is 11.8 Å². The first-order valence-electron chi connectivity index (χ1n) is 6.71. The maximum atomic E-state index is 11.3. The van der Waals surface area contributed by atoms with Crippen molar-refractivity contribution in [3.05, 3.63) is 17.6 Å². The van der Waals surface area contributed by atoms with Gasteiger partial charge in [-0.3, -0.25) is 4.90 Å². The Morgan fingerprint density at radius 1 is 1.42 bits per heavy atom. The second kappa shape index (κ2) is 4.77. The second-order valence-electron chi connectivity index (χ2n) is 5.24. The van der Waals surface area contributed by atoms with E-state index in [1.165, 1.54) is 25.6 Å². The van der Waals surface area contributed by atoms with Crippen LogP contribution in [0.1, 0.15) is 29.0 Å². The molecule has 2 aliphatic rings. The minimum Gasteiger partial charge on any atom is -0.477 e. The van der Waals surface area contributed by atoms with Gasteiger partial charge in [0, 0.05) is 31.9 Å². The number of nitrogens with zero attached hydrogens (tertiary/aromatic N) is 4. The third-order valence-electron chi connectivity index (χ3n) is 4.01. The molecule has 1 aromatic rings. The summed E-state index contributed by atoms with van der Waals surface area (Å²) in [6, 6.07) is 0.547. The van der Waals surface area contributed by atoms with Crippen LogP contribution in [0.4, 0.5) is 5.82 Å². The summed E-state index contributed by atoms with van der Waals surface area (Å²) < 4.78 is 0. The highest BCUT2D eigenvalue weighted by molar-refractivity contribution is 5.93. The summed E-state index contributed by atoms with van der Waals surface area (Å²) in [6.45, 7) is 5.67. The Morgan fingerprint density at radius 2 is 2.26 bits per heavy atom. The van der Waals surface area contributed by atoms with Crippen molar-refractivity contribution < 1.29 is 9.90 Å². The van der Waals surface area contributed by atoms with Crippen molar-refractivity contribution in [1.29, 1.82) is 0 Å². The summed E-state index contributed by atoms with van der Waals surface area (Å²) in [5.41, 5.74) is 0.206. The molecule has 3 heterocycles. The topological polar surface area (TPSA) is 69.6 Å². The van der Waals surface area contributed by atoms with Gasteiger partial charge in [0.1, 0.15) is 17.2 Å². The van der Waals surface area contributed by atoms with Gasteiger partial charge in [0.25, 0.3) is 0 Å². The Kier molecular flexibility index (Phi) is 3.10. The second-order valence-corrected chi connectivity index (χ2v) is 5.24. The number of anilines is 1. The number of carboxylic acids is 1. The summed E-state index contributed by atoms with van der Waals surface area (Å²) >= 11 is 0. The van der Waals surface area contributed by atoms with Crippen LogP contribution in [-0.4, -0.2) is 58.2 Å². The number of hydrogen-bond acceptors (Lipinski definition) is 5. The molecule has 2 saturated heterocycles. The number of piperazine rings is 1. The average Bonchev–Trinajstić information content (AvgIpc) is 2.85. The van der Waals surface area contributed by atoms with Gasteiger partial charge in [-0.05, 0) is 26.3 Å². The van der Waals surface area contributed by atoms with Gasteiger partial charge in [0.15, 0.2) is 0 Å². The van der Waals surface area contributed by atoms with Crippen LogP contribution in [0.5, 0.6) is 0 Å². The van der Waals surface area contributed by atoms with E-state index < -0.39 is 5.97 Å². The van der Waals surface area contributed by atoms with Crippen molar-refractivity contribution in [3.63, 3.8) is 0 Å². The van der Waals surface area contributed by atoms with Gasteiger partial charge in [-0.2, -0.15) is 0 Å². The van der Waals surface area contributed by atoms with Crippen LogP contribution in [-0.2, 0) is 0 Å². The molecule has 102 valence electrons. The van der Waals surface area contributed by atoms with E-state index in [1.807, 2.05) is 0 Å². The molecule has 0 bridgehead atoms. The van der Waals surface area contributed by atoms with Gasteiger partial charge in [0.2, 0.25) is 0 Å². The molecule has 0 radical (unpaired) electrons. The molecule has 1 N–H and O–H groups in total. The monoisotopic (exact) mass is 262 g/mol. The minimum absolute atomic E-state index is 0.206. The van der Waals surface area contributed by atoms with Crippen molar-refractivity contribution in [2.45, 2.75) is 25.8 Å². The first-order valence-corrected chi connectivity index (χ1v) is 6.71. The van der Waals surface area contributed by atoms with E-state index in [4.69, 9.17) is 0 Å². The summed E-state index contributed by atoms with van der Waals surface area (Å²) in [7, 11) is 0. The third-order valence-corrected chi connectivity index (χ3v) is 4.01. The quantitative estimate of drug-likeness (QED) is 0.849. The molecule has 2 aliphatic heterocycles. The Morgan fingerprint density at radius 3 is 3.05 bits per heavy atom. The number of aryl methyl sites for hydroxylation is 1. The molecule has 0 amide bonds. The fourth-order valence-electron chi connectivity index (χ4n) is 3.03. The van der Waals surface area contributed by atoms with E-state index in [0.717, 1.165) is 19.6 Å². The normalized spacial score (nSPS) is 23.4. The molecule has 1 unspecified atom stereocenters. The molecule has 0 saturated carbocycles. The van der Waals surface area contributed by atoms with Crippen LogP contribution in [0.25, 0.3) is 0 Å². The molecule has 3 rings (SSSR count). The lowest BCUT2D eigenvalue weighted by atomic mass is 10.1. The van der Waals surface area contributed by atoms with E-state index in [2.05, 4.69) is 19.8 Å². The maximum Gasteiger partial charge on any atom is 0.341 e. The van der Waals surface area contributed by atoms with Crippen molar-refractivity contribution in [2.24, 2.45) is 0 Å². The van der Waals surface area contributed by atoms with Crippen LogP contribution in [0, 0.1) is 6.92 Å². The highest BCUT2D eigenvalue weighted by atomic mass is 16.4. The summed E-state index contributed by atoms with van der Waals surface area (Å²) in [6.07, 6.45) is 3.86. The number of hydrogen-bond donors (Lipinski definition) is 1. The molecule has 2 fully saturated rings. The van der Waals surface area contributed by atoms with Crippen LogP contribution in [0.2, 0.25) is 0 Å². The van der Waals surface area contributed by atoms with Gasteiger partial charge in [-0.15, -0.1) is 0 Å². The van der Waals surface area contributed by atoms with Crippen LogP contribution in [0.3, 0.4) is 0 Å².